The van der Waals surface area contributed by atoms with Crippen LogP contribution in [0.15, 0.2) is 28.9 Å². The fourth-order valence-corrected chi connectivity index (χ4v) is 0.540. The molecule has 0 amide bonds. The third-order valence-electron chi connectivity index (χ3n) is 0.933. The fraction of sp³-hybridized carbons (Fsp3) is 0. The maximum Gasteiger partial charge on any atom is 0.328 e. The highest BCUT2D eigenvalue weighted by atomic mass is 16.4. The Morgan fingerprint density at radius 3 is 3.00 bits per heavy atom. The van der Waals surface area contributed by atoms with E-state index in [0.717, 1.165) is 6.08 Å². The smallest absolute Gasteiger partial charge is 0.328 e. The topological polar surface area (TPSA) is 50.4 Å². The van der Waals surface area contributed by atoms with Gasteiger partial charge in [0.1, 0.15) is 5.76 Å². The number of carboxylic acid groups (broad SMARTS) is 1. The van der Waals surface area contributed by atoms with Crippen molar-refractivity contribution in [1.29, 1.82) is 0 Å². The number of hydrogen-bond donors (Lipinski definition) is 1. The molecule has 3 heteroatoms. The van der Waals surface area contributed by atoms with Crippen LogP contribution in [0.4, 0.5) is 0 Å². The lowest BCUT2D eigenvalue weighted by atomic mass is 10.4. The predicted molar refractivity (Wildman–Crippen MR) is 35.4 cm³/mol. The van der Waals surface area contributed by atoms with E-state index in [1.807, 2.05) is 0 Å². The summed E-state index contributed by atoms with van der Waals surface area (Å²) < 4.78 is 4.83. The Morgan fingerprint density at radius 1 is 1.70 bits per heavy atom. The molecule has 52 valence electrons. The van der Waals surface area contributed by atoms with Gasteiger partial charge in [-0.25, -0.2) is 4.79 Å². The first kappa shape index (κ1) is 6.61. The molecular weight excluding hydrogens is 132 g/mol. The summed E-state index contributed by atoms with van der Waals surface area (Å²) in [7, 11) is 0. The number of carbonyl (C=O) groups is 1. The molecule has 0 atom stereocenters. The molecule has 3 nitrogen and oxygen atoms in total. The van der Waals surface area contributed by atoms with Gasteiger partial charge in [0, 0.05) is 6.08 Å². The SMILES string of the molecule is O=C(O)/C=C/c1ccco1. The Bertz CT molecular complexity index is 233. The van der Waals surface area contributed by atoms with E-state index in [9.17, 15) is 4.79 Å². The Labute approximate surface area is 57.6 Å². The summed E-state index contributed by atoms with van der Waals surface area (Å²) >= 11 is 0. The maximum atomic E-state index is 9.97. The summed E-state index contributed by atoms with van der Waals surface area (Å²) in [4.78, 5) is 9.97. The highest BCUT2D eigenvalue weighted by Crippen LogP contribution is 2.01. The van der Waals surface area contributed by atoms with E-state index in [4.69, 9.17) is 9.52 Å². The van der Waals surface area contributed by atoms with Gasteiger partial charge in [0.05, 0.1) is 6.26 Å². The van der Waals surface area contributed by atoms with Gasteiger partial charge in [0.25, 0.3) is 0 Å². The van der Waals surface area contributed by atoms with Gasteiger partial charge in [0.2, 0.25) is 0 Å². The van der Waals surface area contributed by atoms with Crippen molar-refractivity contribution in [2.24, 2.45) is 0 Å². The van der Waals surface area contributed by atoms with Crippen molar-refractivity contribution in [1.82, 2.24) is 0 Å². The number of furan rings is 1. The monoisotopic (exact) mass is 138 g/mol. The van der Waals surface area contributed by atoms with E-state index in [2.05, 4.69) is 0 Å². The molecule has 0 aliphatic rings. The molecule has 0 saturated heterocycles. The van der Waals surface area contributed by atoms with Gasteiger partial charge in [-0.05, 0) is 18.2 Å². The van der Waals surface area contributed by atoms with Crippen LogP contribution in [-0.4, -0.2) is 11.1 Å². The molecule has 1 heterocycles. The lowest BCUT2D eigenvalue weighted by Gasteiger charge is -1.79. The lowest BCUT2D eigenvalue weighted by molar-refractivity contribution is -0.131. The molecule has 0 aliphatic carbocycles. The molecule has 0 fully saturated rings. The molecule has 1 rings (SSSR count). The van der Waals surface area contributed by atoms with Gasteiger partial charge in [-0.15, -0.1) is 0 Å². The molecule has 0 spiro atoms. The summed E-state index contributed by atoms with van der Waals surface area (Å²) in [6.45, 7) is 0. The van der Waals surface area contributed by atoms with Crippen molar-refractivity contribution in [2.45, 2.75) is 0 Å². The van der Waals surface area contributed by atoms with Crippen LogP contribution < -0.4 is 0 Å². The third kappa shape index (κ3) is 1.78. The molecule has 0 radical (unpaired) electrons. The molecule has 10 heavy (non-hydrogen) atoms. The van der Waals surface area contributed by atoms with E-state index in [1.165, 1.54) is 12.3 Å². The first-order valence-corrected chi connectivity index (χ1v) is 2.73. The van der Waals surface area contributed by atoms with Crippen molar-refractivity contribution in [3.8, 4) is 0 Å². The minimum Gasteiger partial charge on any atom is -0.478 e. The normalized spacial score (nSPS) is 10.4. The molecule has 0 aromatic carbocycles. The zero-order chi connectivity index (χ0) is 7.40. The quantitative estimate of drug-likeness (QED) is 0.628. The molecule has 0 aliphatic heterocycles. The van der Waals surface area contributed by atoms with Gasteiger partial charge >= 0.3 is 5.97 Å². The average Bonchev–Trinajstić information content (AvgIpc) is 2.34. The Morgan fingerprint density at radius 2 is 2.50 bits per heavy atom. The number of aliphatic carboxylic acids is 1. The van der Waals surface area contributed by atoms with Crippen LogP contribution in [0.2, 0.25) is 0 Å². The van der Waals surface area contributed by atoms with Gasteiger partial charge in [-0.2, -0.15) is 0 Å². The summed E-state index contributed by atoms with van der Waals surface area (Å²) in [5.41, 5.74) is 0. The third-order valence-corrected chi connectivity index (χ3v) is 0.933. The number of hydrogen-bond acceptors (Lipinski definition) is 2. The summed E-state index contributed by atoms with van der Waals surface area (Å²) in [5.74, 6) is -0.432. The van der Waals surface area contributed by atoms with E-state index >= 15 is 0 Å². The minimum absolute atomic E-state index is 0.544. The fourth-order valence-electron chi connectivity index (χ4n) is 0.540. The molecule has 0 saturated carbocycles. The first-order chi connectivity index (χ1) is 4.79. The lowest BCUT2D eigenvalue weighted by Crippen LogP contribution is -1.84. The minimum atomic E-state index is -0.976. The molecule has 0 unspecified atom stereocenters. The van der Waals surface area contributed by atoms with Gasteiger partial charge in [-0.3, -0.25) is 0 Å². The summed E-state index contributed by atoms with van der Waals surface area (Å²) in [5, 5.41) is 8.18. The molecular formula is C7H6O3. The van der Waals surface area contributed by atoms with Gasteiger partial charge in [-0.1, -0.05) is 0 Å². The Balaban J connectivity index is 2.64. The molecule has 1 aromatic rings. The van der Waals surface area contributed by atoms with Crippen LogP contribution in [0.25, 0.3) is 6.08 Å². The highest BCUT2D eigenvalue weighted by molar-refractivity contribution is 5.84. The first-order valence-electron chi connectivity index (χ1n) is 2.73. The van der Waals surface area contributed by atoms with Crippen LogP contribution in [-0.2, 0) is 4.79 Å². The summed E-state index contributed by atoms with van der Waals surface area (Å²) in [6, 6.07) is 3.38. The Hall–Kier alpha value is -1.51. The molecule has 1 aromatic heterocycles. The van der Waals surface area contributed by atoms with Crippen molar-refractivity contribution >= 4 is 12.0 Å². The van der Waals surface area contributed by atoms with Crippen LogP contribution in [0.5, 0.6) is 0 Å². The van der Waals surface area contributed by atoms with Crippen LogP contribution in [0, 0.1) is 0 Å². The van der Waals surface area contributed by atoms with Crippen molar-refractivity contribution in [3.05, 3.63) is 30.2 Å². The standard InChI is InChI=1S/C7H6O3/c8-7(9)4-3-6-2-1-5-10-6/h1-5H,(H,8,9)/b4-3+. The van der Waals surface area contributed by atoms with Gasteiger partial charge in [0.15, 0.2) is 0 Å². The molecule has 0 bridgehead atoms. The second kappa shape index (κ2) is 2.87. The van der Waals surface area contributed by atoms with E-state index < -0.39 is 5.97 Å². The van der Waals surface area contributed by atoms with Crippen LogP contribution in [0.1, 0.15) is 5.76 Å². The van der Waals surface area contributed by atoms with Crippen molar-refractivity contribution in [3.63, 3.8) is 0 Å². The Kier molecular flexibility index (Phi) is 1.89. The van der Waals surface area contributed by atoms with Crippen molar-refractivity contribution in [2.75, 3.05) is 0 Å². The van der Waals surface area contributed by atoms with E-state index in [1.54, 1.807) is 12.1 Å². The zero-order valence-electron chi connectivity index (χ0n) is 5.15. The number of carboxylic acids is 1. The maximum absolute atomic E-state index is 9.97. The highest BCUT2D eigenvalue weighted by Gasteiger charge is 1.88. The second-order valence-corrected chi connectivity index (χ2v) is 1.69. The number of rotatable bonds is 2. The van der Waals surface area contributed by atoms with Crippen molar-refractivity contribution < 1.29 is 14.3 Å². The zero-order valence-corrected chi connectivity index (χ0v) is 5.15. The van der Waals surface area contributed by atoms with Crippen LogP contribution >= 0.6 is 0 Å². The van der Waals surface area contributed by atoms with E-state index in [0.29, 0.717) is 5.76 Å². The average molecular weight is 138 g/mol. The molecule has 1 N–H and O–H groups in total. The summed E-state index contributed by atoms with van der Waals surface area (Å²) in [6.07, 6.45) is 3.91. The predicted octanol–water partition coefficient (Wildman–Crippen LogP) is 1.38. The van der Waals surface area contributed by atoms with Gasteiger partial charge < -0.3 is 9.52 Å². The largest absolute Gasteiger partial charge is 0.478 e. The second-order valence-electron chi connectivity index (χ2n) is 1.69. The van der Waals surface area contributed by atoms with E-state index in [-0.39, 0.29) is 0 Å². The van der Waals surface area contributed by atoms with Crippen LogP contribution in [0.3, 0.4) is 0 Å².